The number of rotatable bonds is 6. The summed E-state index contributed by atoms with van der Waals surface area (Å²) in [5.41, 5.74) is 0.754. The van der Waals surface area contributed by atoms with Crippen molar-refractivity contribution in [2.45, 2.75) is 18.4 Å². The van der Waals surface area contributed by atoms with E-state index in [1.807, 2.05) is 0 Å². The van der Waals surface area contributed by atoms with Gasteiger partial charge in [0.25, 0.3) is 5.91 Å². The molecule has 2 aromatic carbocycles. The first-order valence-corrected chi connectivity index (χ1v) is 8.92. The number of hydrogen-bond acceptors (Lipinski definition) is 3. The number of benzene rings is 2. The van der Waals surface area contributed by atoms with Crippen LogP contribution in [0.25, 0.3) is 0 Å². The summed E-state index contributed by atoms with van der Waals surface area (Å²) in [4.78, 5) is 13.9. The van der Waals surface area contributed by atoms with E-state index in [1.54, 1.807) is 32.2 Å². The summed E-state index contributed by atoms with van der Waals surface area (Å²) in [6.45, 7) is 2.10. The van der Waals surface area contributed by atoms with E-state index in [1.165, 1.54) is 35.2 Å². The van der Waals surface area contributed by atoms with Crippen LogP contribution in [0.1, 0.15) is 22.8 Å². The van der Waals surface area contributed by atoms with Crippen LogP contribution in [0, 0.1) is 5.82 Å². The molecule has 0 heterocycles. The number of sulfonamides is 1. The molecule has 0 radical (unpaired) electrons. The smallest absolute Gasteiger partial charge is 0.253 e. The van der Waals surface area contributed by atoms with Gasteiger partial charge in [-0.15, -0.1) is 0 Å². The highest BCUT2D eigenvalue weighted by Gasteiger charge is 2.16. The maximum atomic E-state index is 13.7. The number of halogens is 1. The van der Waals surface area contributed by atoms with Crippen LogP contribution < -0.4 is 4.72 Å². The van der Waals surface area contributed by atoms with Crippen molar-refractivity contribution >= 4 is 15.9 Å². The van der Waals surface area contributed by atoms with Crippen molar-refractivity contribution in [3.8, 4) is 0 Å². The molecule has 5 nitrogen and oxygen atoms in total. The summed E-state index contributed by atoms with van der Waals surface area (Å²) >= 11 is 0. The van der Waals surface area contributed by atoms with Gasteiger partial charge in [-0.2, -0.15) is 0 Å². The van der Waals surface area contributed by atoms with Crippen LogP contribution in [0.5, 0.6) is 0 Å². The lowest BCUT2D eigenvalue weighted by Gasteiger charge is -2.18. The minimum Gasteiger partial charge on any atom is -0.337 e. The highest BCUT2D eigenvalue weighted by Crippen LogP contribution is 2.14. The van der Waals surface area contributed by atoms with Gasteiger partial charge >= 0.3 is 0 Å². The number of carbonyl (C=O) groups excluding carboxylic acids is 1. The molecule has 0 saturated carbocycles. The molecular weight excluding hydrogens is 331 g/mol. The van der Waals surface area contributed by atoms with Crippen molar-refractivity contribution in [3.63, 3.8) is 0 Å². The third-order valence-corrected chi connectivity index (χ3v) is 5.02. The topological polar surface area (TPSA) is 66.5 Å². The van der Waals surface area contributed by atoms with E-state index in [-0.39, 0.29) is 29.7 Å². The Labute approximate surface area is 141 Å². The molecule has 1 N–H and O–H groups in total. The molecule has 1 amide bonds. The molecular formula is C17H19FN2O3S. The molecule has 0 unspecified atom stereocenters. The summed E-state index contributed by atoms with van der Waals surface area (Å²) in [6, 6.07) is 11.9. The number of nitrogens with one attached hydrogen (secondary N) is 1. The maximum Gasteiger partial charge on any atom is 0.253 e. The number of amides is 1. The average molecular weight is 350 g/mol. The highest BCUT2D eigenvalue weighted by molar-refractivity contribution is 7.89. The van der Waals surface area contributed by atoms with Crippen LogP contribution in [-0.2, 0) is 16.6 Å². The first-order valence-electron chi connectivity index (χ1n) is 7.43. The Bertz CT molecular complexity index is 820. The van der Waals surface area contributed by atoms with Crippen molar-refractivity contribution in [2.24, 2.45) is 0 Å². The second-order valence-corrected chi connectivity index (χ2v) is 7.05. The van der Waals surface area contributed by atoms with Gasteiger partial charge in [0.05, 0.1) is 4.90 Å². The lowest BCUT2D eigenvalue weighted by atomic mass is 10.1. The zero-order valence-electron chi connectivity index (χ0n) is 13.5. The van der Waals surface area contributed by atoms with Crippen LogP contribution in [0.15, 0.2) is 53.4 Å². The predicted molar refractivity (Wildman–Crippen MR) is 89.5 cm³/mol. The standard InChI is InChI=1S/C17H19FN2O3S/c1-3-19-24(22,23)15-10-8-13(9-11-15)17(21)20(2)12-14-6-4-5-7-16(14)18/h4-11,19H,3,12H2,1-2H3. The second-order valence-electron chi connectivity index (χ2n) is 5.28. The van der Waals surface area contributed by atoms with E-state index in [2.05, 4.69) is 4.72 Å². The van der Waals surface area contributed by atoms with Gasteiger partial charge in [-0.1, -0.05) is 25.1 Å². The van der Waals surface area contributed by atoms with E-state index in [4.69, 9.17) is 0 Å². The van der Waals surface area contributed by atoms with Crippen molar-refractivity contribution in [1.82, 2.24) is 9.62 Å². The minimum absolute atomic E-state index is 0.0951. The van der Waals surface area contributed by atoms with E-state index < -0.39 is 10.0 Å². The monoisotopic (exact) mass is 350 g/mol. The Hall–Kier alpha value is -2.25. The fraction of sp³-hybridized carbons (Fsp3) is 0.235. The summed E-state index contributed by atoms with van der Waals surface area (Å²) in [6.07, 6.45) is 0. The third-order valence-electron chi connectivity index (χ3n) is 3.46. The summed E-state index contributed by atoms with van der Waals surface area (Å²) in [5.74, 6) is -0.685. The molecule has 0 aliphatic carbocycles. The fourth-order valence-electron chi connectivity index (χ4n) is 2.22. The van der Waals surface area contributed by atoms with Crippen LogP contribution in [0.4, 0.5) is 4.39 Å². The fourth-order valence-corrected chi connectivity index (χ4v) is 3.27. The molecule has 2 rings (SSSR count). The van der Waals surface area contributed by atoms with Gasteiger partial charge in [0.15, 0.2) is 0 Å². The zero-order chi connectivity index (χ0) is 17.7. The van der Waals surface area contributed by atoms with Gasteiger partial charge in [0, 0.05) is 31.3 Å². The van der Waals surface area contributed by atoms with Crippen LogP contribution in [-0.4, -0.2) is 32.8 Å². The van der Waals surface area contributed by atoms with Gasteiger partial charge in [-0.3, -0.25) is 4.79 Å². The van der Waals surface area contributed by atoms with Gasteiger partial charge in [0.1, 0.15) is 5.82 Å². The molecule has 0 bridgehead atoms. The maximum absolute atomic E-state index is 13.7. The average Bonchev–Trinajstić information content (AvgIpc) is 2.56. The Balaban J connectivity index is 2.14. The van der Waals surface area contributed by atoms with Crippen molar-refractivity contribution in [3.05, 3.63) is 65.5 Å². The summed E-state index contributed by atoms with van der Waals surface area (Å²) < 4.78 is 39.8. The van der Waals surface area contributed by atoms with Crippen LogP contribution in [0.2, 0.25) is 0 Å². The van der Waals surface area contributed by atoms with Gasteiger partial charge in [-0.05, 0) is 30.3 Å². The molecule has 0 aromatic heterocycles. The Morgan fingerprint density at radius 1 is 1.12 bits per heavy atom. The van der Waals surface area contributed by atoms with Gasteiger partial charge < -0.3 is 4.90 Å². The number of carbonyl (C=O) groups is 1. The number of nitrogens with zero attached hydrogens (tertiary/aromatic N) is 1. The molecule has 0 aliphatic heterocycles. The Morgan fingerprint density at radius 2 is 1.75 bits per heavy atom. The molecule has 7 heteroatoms. The zero-order valence-corrected chi connectivity index (χ0v) is 14.3. The van der Waals surface area contributed by atoms with Crippen molar-refractivity contribution in [1.29, 1.82) is 0 Å². The molecule has 24 heavy (non-hydrogen) atoms. The molecule has 0 atom stereocenters. The highest BCUT2D eigenvalue weighted by atomic mass is 32.2. The quantitative estimate of drug-likeness (QED) is 0.870. The SMILES string of the molecule is CCNS(=O)(=O)c1ccc(C(=O)N(C)Cc2ccccc2F)cc1. The molecule has 0 spiro atoms. The van der Waals surface area contributed by atoms with E-state index >= 15 is 0 Å². The van der Waals surface area contributed by atoms with E-state index in [9.17, 15) is 17.6 Å². The van der Waals surface area contributed by atoms with Crippen molar-refractivity contribution in [2.75, 3.05) is 13.6 Å². The molecule has 0 saturated heterocycles. The summed E-state index contributed by atoms with van der Waals surface area (Å²) in [5, 5.41) is 0. The molecule has 0 aliphatic rings. The minimum atomic E-state index is -3.55. The van der Waals surface area contributed by atoms with Gasteiger partial charge in [0.2, 0.25) is 10.0 Å². The predicted octanol–water partition coefficient (Wildman–Crippen LogP) is 2.40. The molecule has 2 aromatic rings. The van der Waals surface area contributed by atoms with Crippen LogP contribution >= 0.6 is 0 Å². The first kappa shape index (κ1) is 18.1. The van der Waals surface area contributed by atoms with Crippen molar-refractivity contribution < 1.29 is 17.6 Å². The largest absolute Gasteiger partial charge is 0.337 e. The lowest BCUT2D eigenvalue weighted by Crippen LogP contribution is -2.27. The van der Waals surface area contributed by atoms with E-state index in [0.29, 0.717) is 11.1 Å². The van der Waals surface area contributed by atoms with Crippen LogP contribution in [0.3, 0.4) is 0 Å². The Kier molecular flexibility index (Phi) is 5.69. The third kappa shape index (κ3) is 4.18. The first-order chi connectivity index (χ1) is 11.3. The number of hydrogen-bond donors (Lipinski definition) is 1. The molecule has 0 fully saturated rings. The summed E-state index contributed by atoms with van der Waals surface area (Å²) in [7, 11) is -1.98. The van der Waals surface area contributed by atoms with E-state index in [0.717, 1.165) is 0 Å². The van der Waals surface area contributed by atoms with Gasteiger partial charge in [-0.25, -0.2) is 17.5 Å². The second kappa shape index (κ2) is 7.55. The lowest BCUT2D eigenvalue weighted by molar-refractivity contribution is 0.0783. The molecule has 128 valence electrons. The Morgan fingerprint density at radius 3 is 2.33 bits per heavy atom. The normalized spacial score (nSPS) is 11.3.